The quantitative estimate of drug-likeness (QED) is 0.231. The molecule has 2 saturated carbocycles. The molecule has 0 atom stereocenters. The number of nitrogens with zero attached hydrogens (tertiary/aromatic N) is 1. The minimum atomic E-state index is 0.735. The van der Waals surface area contributed by atoms with E-state index >= 15 is 0 Å². The largest absolute Gasteiger partial charge is 0.193 e. The molecule has 0 spiro atoms. The highest BCUT2D eigenvalue weighted by molar-refractivity contribution is 5.22. The summed E-state index contributed by atoms with van der Waals surface area (Å²) in [6.45, 7) is 2.23. The molecule has 1 aromatic carbocycles. The number of benzene rings is 1. The summed E-state index contributed by atoms with van der Waals surface area (Å²) >= 11 is 0. The summed E-state index contributed by atoms with van der Waals surface area (Å²) in [7, 11) is 0. The number of hydrogen-bond donors (Lipinski definition) is 0. The third-order valence-electron chi connectivity index (χ3n) is 7.80. The number of hydrogen-bond acceptors (Lipinski definition) is 1. The summed E-state index contributed by atoms with van der Waals surface area (Å²) in [6, 6.07) is 11.3. The molecule has 30 heavy (non-hydrogen) atoms. The summed E-state index contributed by atoms with van der Waals surface area (Å²) in [5, 5.41) is 8.55. The summed E-state index contributed by atoms with van der Waals surface area (Å²) < 4.78 is 0. The summed E-state index contributed by atoms with van der Waals surface area (Å²) in [5.74, 6) is 3.71. The smallest absolute Gasteiger partial charge is 0.0912 e. The van der Waals surface area contributed by atoms with Crippen molar-refractivity contribution in [3.05, 3.63) is 59.7 Å². The molecule has 0 bridgehead atoms. The van der Waals surface area contributed by atoms with Crippen LogP contribution in [0.2, 0.25) is 0 Å². The molecule has 0 amide bonds. The topological polar surface area (TPSA) is 23.8 Å². The Labute approximate surface area is 185 Å². The van der Waals surface area contributed by atoms with Gasteiger partial charge >= 0.3 is 0 Å². The molecule has 2 fully saturated rings. The van der Waals surface area contributed by atoms with E-state index in [1.54, 1.807) is 6.08 Å². The zero-order chi connectivity index (χ0) is 21.0. The second kappa shape index (κ2) is 12.8. The lowest BCUT2D eigenvalue weighted by Crippen LogP contribution is -2.25. The molecule has 0 aromatic heterocycles. The van der Waals surface area contributed by atoms with Gasteiger partial charge in [0.15, 0.2) is 0 Å². The third-order valence-corrected chi connectivity index (χ3v) is 7.80. The Balaban J connectivity index is 1.27. The predicted molar refractivity (Wildman–Crippen MR) is 128 cm³/mol. The van der Waals surface area contributed by atoms with Crippen molar-refractivity contribution in [1.29, 1.82) is 5.26 Å². The van der Waals surface area contributed by atoms with E-state index < -0.39 is 0 Å². The number of rotatable bonds is 9. The second-order valence-corrected chi connectivity index (χ2v) is 9.74. The van der Waals surface area contributed by atoms with Gasteiger partial charge in [0.1, 0.15) is 0 Å². The molecule has 1 heteroatoms. The molecule has 0 N–H and O–H groups in total. The fraction of sp³-hybridized carbons (Fsp3) is 0.621. The van der Waals surface area contributed by atoms with E-state index in [-0.39, 0.29) is 0 Å². The molecule has 3 rings (SSSR count). The average Bonchev–Trinajstić information content (AvgIpc) is 2.81. The Morgan fingerprint density at radius 1 is 0.833 bits per heavy atom. The van der Waals surface area contributed by atoms with Gasteiger partial charge in [-0.15, -0.1) is 0 Å². The predicted octanol–water partition coefficient (Wildman–Crippen LogP) is 8.21. The van der Waals surface area contributed by atoms with Crippen molar-refractivity contribution in [2.45, 2.75) is 90.4 Å². The van der Waals surface area contributed by atoms with Gasteiger partial charge in [-0.3, -0.25) is 0 Å². The van der Waals surface area contributed by atoms with E-state index in [0.717, 1.165) is 30.1 Å². The molecule has 0 aliphatic heterocycles. The van der Waals surface area contributed by atoms with E-state index in [4.69, 9.17) is 5.26 Å². The van der Waals surface area contributed by atoms with Crippen LogP contribution < -0.4 is 0 Å². The minimum absolute atomic E-state index is 0.735. The van der Waals surface area contributed by atoms with Gasteiger partial charge < -0.3 is 0 Å². The third kappa shape index (κ3) is 7.46. The molecule has 0 heterocycles. The Kier molecular flexibility index (Phi) is 9.75. The Morgan fingerprint density at radius 2 is 1.47 bits per heavy atom. The van der Waals surface area contributed by atoms with Crippen molar-refractivity contribution >= 4 is 0 Å². The first-order valence-electron chi connectivity index (χ1n) is 12.6. The lowest BCUT2D eigenvalue weighted by Gasteiger charge is -2.37. The van der Waals surface area contributed by atoms with Crippen LogP contribution >= 0.6 is 0 Å². The number of allylic oxidation sites excluding steroid dienone is 4. The molecule has 0 saturated heterocycles. The zero-order valence-electron chi connectivity index (χ0n) is 19.1. The van der Waals surface area contributed by atoms with E-state index in [1.165, 1.54) is 88.2 Å². The molecular weight excluding hydrogens is 362 g/mol. The second-order valence-electron chi connectivity index (χ2n) is 9.74. The van der Waals surface area contributed by atoms with Gasteiger partial charge in [0.25, 0.3) is 0 Å². The van der Waals surface area contributed by atoms with Crippen molar-refractivity contribution < 1.29 is 0 Å². The van der Waals surface area contributed by atoms with Gasteiger partial charge in [0.2, 0.25) is 0 Å². The van der Waals surface area contributed by atoms with Crippen molar-refractivity contribution in [3.8, 4) is 6.07 Å². The summed E-state index contributed by atoms with van der Waals surface area (Å²) in [6.07, 6.45) is 25.9. The van der Waals surface area contributed by atoms with Crippen molar-refractivity contribution in [3.63, 3.8) is 0 Å². The van der Waals surface area contributed by atoms with Crippen LogP contribution in [0.25, 0.3) is 0 Å². The highest BCUT2D eigenvalue weighted by Gasteiger charge is 2.30. The molecule has 0 radical (unpaired) electrons. The highest BCUT2D eigenvalue weighted by atomic mass is 14.4. The molecule has 1 nitrogen and oxygen atoms in total. The normalized spacial score (nSPS) is 27.5. The lowest BCUT2D eigenvalue weighted by molar-refractivity contribution is 0.151. The number of unbranched alkanes of at least 4 members (excludes halogenated alkanes) is 1. The van der Waals surface area contributed by atoms with E-state index in [9.17, 15) is 0 Å². The molecular formula is C29H41N. The fourth-order valence-corrected chi connectivity index (χ4v) is 5.78. The van der Waals surface area contributed by atoms with Crippen LogP contribution in [0.5, 0.6) is 0 Å². The highest BCUT2D eigenvalue weighted by Crippen LogP contribution is 2.42. The zero-order valence-corrected chi connectivity index (χ0v) is 19.1. The van der Waals surface area contributed by atoms with Crippen LogP contribution in [0.1, 0.15) is 88.7 Å². The van der Waals surface area contributed by atoms with Crippen LogP contribution in [-0.4, -0.2) is 0 Å². The minimum Gasteiger partial charge on any atom is -0.193 e. The van der Waals surface area contributed by atoms with E-state index in [1.807, 2.05) is 6.08 Å². The first-order valence-corrected chi connectivity index (χ1v) is 12.6. The lowest BCUT2D eigenvalue weighted by atomic mass is 9.68. The SMILES string of the molecule is CCc1ccc(CCCC[C@H]2CC[C@H](C3CCC(/C=C/C=C/C#N)CC3)CC2)cc1. The van der Waals surface area contributed by atoms with Crippen molar-refractivity contribution in [2.75, 3.05) is 0 Å². The van der Waals surface area contributed by atoms with E-state index in [2.05, 4.69) is 49.4 Å². The van der Waals surface area contributed by atoms with Gasteiger partial charge in [-0.1, -0.05) is 75.1 Å². The van der Waals surface area contributed by atoms with Crippen LogP contribution in [0.4, 0.5) is 0 Å². The van der Waals surface area contributed by atoms with Gasteiger partial charge in [0, 0.05) is 6.08 Å². The van der Waals surface area contributed by atoms with E-state index in [0.29, 0.717) is 0 Å². The number of aryl methyl sites for hydroxylation is 2. The van der Waals surface area contributed by atoms with Crippen LogP contribution in [0, 0.1) is 35.0 Å². The molecule has 162 valence electrons. The molecule has 2 aliphatic rings. The Bertz CT molecular complexity index is 689. The maximum absolute atomic E-state index is 8.55. The summed E-state index contributed by atoms with van der Waals surface area (Å²) in [5.41, 5.74) is 2.97. The fourth-order valence-electron chi connectivity index (χ4n) is 5.78. The summed E-state index contributed by atoms with van der Waals surface area (Å²) in [4.78, 5) is 0. The Morgan fingerprint density at radius 3 is 2.10 bits per heavy atom. The standard InChI is InChI=1S/C29H41N/c1-2-24-11-13-25(14-12-24)9-5-6-10-27-17-21-29(22-18-27)28-19-15-26(16-20-28)8-4-3-7-23-30/h3-4,7-8,11-14,26-29H,2,5-6,9-10,15-22H2,1H3/b7-3+,8-4+/t26?,27-,28?,29-. The first-order chi connectivity index (χ1) is 14.8. The van der Waals surface area contributed by atoms with Gasteiger partial charge in [-0.2, -0.15) is 5.26 Å². The Hall–Kier alpha value is -1.81. The molecule has 0 unspecified atom stereocenters. The molecule has 2 aliphatic carbocycles. The van der Waals surface area contributed by atoms with Crippen molar-refractivity contribution in [1.82, 2.24) is 0 Å². The maximum Gasteiger partial charge on any atom is 0.0912 e. The van der Waals surface area contributed by atoms with Crippen LogP contribution in [0.3, 0.4) is 0 Å². The van der Waals surface area contributed by atoms with Crippen LogP contribution in [-0.2, 0) is 12.8 Å². The monoisotopic (exact) mass is 403 g/mol. The first kappa shape index (κ1) is 22.9. The average molecular weight is 404 g/mol. The maximum atomic E-state index is 8.55. The van der Waals surface area contributed by atoms with Gasteiger partial charge in [-0.05, 0) is 92.6 Å². The van der Waals surface area contributed by atoms with Crippen molar-refractivity contribution in [2.24, 2.45) is 23.7 Å². The van der Waals surface area contributed by atoms with Gasteiger partial charge in [-0.25, -0.2) is 0 Å². The van der Waals surface area contributed by atoms with Gasteiger partial charge in [0.05, 0.1) is 6.07 Å². The number of nitriles is 1. The molecule has 1 aromatic rings. The van der Waals surface area contributed by atoms with Crippen LogP contribution in [0.15, 0.2) is 48.6 Å².